The minimum absolute atomic E-state index is 0.0996. The van der Waals surface area contributed by atoms with Crippen LogP contribution in [0.2, 0.25) is 0 Å². The van der Waals surface area contributed by atoms with Crippen molar-refractivity contribution < 1.29 is 14.3 Å². The van der Waals surface area contributed by atoms with Crippen molar-refractivity contribution >= 4 is 50.1 Å². The number of methoxy groups -OCH3 is 1. The van der Waals surface area contributed by atoms with E-state index in [1.807, 2.05) is 18.2 Å². The van der Waals surface area contributed by atoms with Crippen LogP contribution < -0.4 is 9.64 Å². The molecule has 1 N–H and O–H groups in total. The highest BCUT2D eigenvalue weighted by Gasteiger charge is 2.41. The maximum absolute atomic E-state index is 13.9. The monoisotopic (exact) mass is 448 g/mol. The number of imide groups is 1. The van der Waals surface area contributed by atoms with E-state index in [9.17, 15) is 9.59 Å². The number of carbonyl (C=O) groups excluding carboxylic acids is 2. The van der Waals surface area contributed by atoms with Crippen molar-refractivity contribution in [3.05, 3.63) is 83.4 Å². The molecular formula is C29H24N2O3. The Morgan fingerprint density at radius 1 is 0.794 bits per heavy atom. The normalized spacial score (nSPS) is 13.9. The third-order valence-corrected chi connectivity index (χ3v) is 6.79. The summed E-state index contributed by atoms with van der Waals surface area (Å²) >= 11 is 0. The molecule has 34 heavy (non-hydrogen) atoms. The van der Waals surface area contributed by atoms with Crippen LogP contribution in [0.3, 0.4) is 0 Å². The lowest BCUT2D eigenvalue weighted by Gasteiger charge is -2.20. The van der Waals surface area contributed by atoms with E-state index in [4.69, 9.17) is 4.74 Å². The number of anilines is 1. The van der Waals surface area contributed by atoms with Gasteiger partial charge in [0.25, 0.3) is 11.8 Å². The second-order valence-corrected chi connectivity index (χ2v) is 9.82. The average Bonchev–Trinajstić information content (AvgIpc) is 3.33. The number of hydrogen-bond acceptors (Lipinski definition) is 3. The maximum Gasteiger partial charge on any atom is 0.268 e. The van der Waals surface area contributed by atoms with Crippen molar-refractivity contribution in [3.8, 4) is 5.75 Å². The van der Waals surface area contributed by atoms with Crippen LogP contribution >= 0.6 is 0 Å². The van der Waals surface area contributed by atoms with Crippen molar-refractivity contribution in [2.75, 3.05) is 12.0 Å². The van der Waals surface area contributed by atoms with Gasteiger partial charge in [0.1, 0.15) is 5.75 Å². The fraction of sp³-hybridized carbons (Fsp3) is 0.172. The summed E-state index contributed by atoms with van der Waals surface area (Å²) in [6.45, 7) is 6.44. The Balaban J connectivity index is 1.72. The zero-order valence-electron chi connectivity index (χ0n) is 19.5. The molecule has 0 fully saturated rings. The standard InChI is InChI=1S/C29H24N2O3/c1-29(2,3)16-9-14-19-21(15-16)24-25(26-23(19)20-7-5-6-8-22(20)30-26)28(33)31(27(24)32)17-10-12-18(34-4)13-11-17/h5-15,30H,1-4H3. The largest absolute Gasteiger partial charge is 0.497 e. The first-order valence-electron chi connectivity index (χ1n) is 11.3. The highest BCUT2D eigenvalue weighted by molar-refractivity contribution is 6.43. The molecule has 5 nitrogen and oxygen atoms in total. The highest BCUT2D eigenvalue weighted by atomic mass is 16.5. The number of fused-ring (bicyclic) bond motifs is 8. The first-order chi connectivity index (χ1) is 16.3. The maximum atomic E-state index is 13.9. The minimum Gasteiger partial charge on any atom is -0.497 e. The molecule has 4 aromatic carbocycles. The molecule has 2 amide bonds. The Bertz CT molecular complexity index is 1650. The van der Waals surface area contributed by atoms with Gasteiger partial charge in [0.05, 0.1) is 29.4 Å². The van der Waals surface area contributed by atoms with Gasteiger partial charge in [0, 0.05) is 16.3 Å². The van der Waals surface area contributed by atoms with E-state index in [1.165, 1.54) is 4.90 Å². The number of aromatic nitrogens is 1. The van der Waals surface area contributed by atoms with Crippen LogP contribution in [-0.2, 0) is 5.41 Å². The quantitative estimate of drug-likeness (QED) is 0.310. The molecule has 5 aromatic rings. The zero-order chi connectivity index (χ0) is 23.8. The van der Waals surface area contributed by atoms with E-state index in [2.05, 4.69) is 50.0 Å². The summed E-state index contributed by atoms with van der Waals surface area (Å²) in [5.41, 5.74) is 4.08. The topological polar surface area (TPSA) is 62.4 Å². The lowest BCUT2D eigenvalue weighted by Crippen LogP contribution is -2.29. The summed E-state index contributed by atoms with van der Waals surface area (Å²) in [6.07, 6.45) is 0. The smallest absolute Gasteiger partial charge is 0.268 e. The van der Waals surface area contributed by atoms with Crippen LogP contribution in [-0.4, -0.2) is 23.9 Å². The molecule has 0 atom stereocenters. The summed E-state index contributed by atoms with van der Waals surface area (Å²) in [4.78, 5) is 32.4. The van der Waals surface area contributed by atoms with Gasteiger partial charge in [0.2, 0.25) is 0 Å². The number of rotatable bonds is 2. The number of hydrogen-bond donors (Lipinski definition) is 1. The van der Waals surface area contributed by atoms with E-state index >= 15 is 0 Å². The van der Waals surface area contributed by atoms with Crippen molar-refractivity contribution in [1.82, 2.24) is 4.98 Å². The van der Waals surface area contributed by atoms with Crippen LogP contribution in [0, 0.1) is 0 Å². The fourth-order valence-corrected chi connectivity index (χ4v) is 5.02. The van der Waals surface area contributed by atoms with Gasteiger partial charge in [-0.1, -0.05) is 51.1 Å². The number of carbonyl (C=O) groups is 2. The fourth-order valence-electron chi connectivity index (χ4n) is 5.02. The van der Waals surface area contributed by atoms with Gasteiger partial charge in [-0.3, -0.25) is 9.59 Å². The average molecular weight is 449 g/mol. The number of para-hydroxylation sites is 1. The SMILES string of the molecule is COc1ccc(N2C(=O)c3c(c4[nH]c5ccccc5c4c4ccc(C(C)(C)C)cc34)C2=O)cc1. The summed E-state index contributed by atoms with van der Waals surface area (Å²) in [7, 11) is 1.59. The third-order valence-electron chi connectivity index (χ3n) is 6.79. The van der Waals surface area contributed by atoms with Crippen molar-refractivity contribution in [3.63, 3.8) is 0 Å². The van der Waals surface area contributed by atoms with E-state index in [-0.39, 0.29) is 17.2 Å². The molecule has 5 heteroatoms. The van der Waals surface area contributed by atoms with Crippen LogP contribution in [0.15, 0.2) is 66.7 Å². The number of ether oxygens (including phenoxy) is 1. The van der Waals surface area contributed by atoms with Gasteiger partial charge in [-0.2, -0.15) is 0 Å². The first-order valence-corrected chi connectivity index (χ1v) is 11.3. The molecule has 0 aliphatic carbocycles. The number of nitrogens with zero attached hydrogens (tertiary/aromatic N) is 1. The lowest BCUT2D eigenvalue weighted by molar-refractivity contribution is 0.0927. The van der Waals surface area contributed by atoms with Gasteiger partial charge >= 0.3 is 0 Å². The first kappa shape index (κ1) is 20.5. The molecule has 0 saturated heterocycles. The molecule has 1 aliphatic heterocycles. The molecule has 0 spiro atoms. The van der Waals surface area contributed by atoms with Crippen LogP contribution in [0.5, 0.6) is 5.75 Å². The number of aromatic amines is 1. The van der Waals surface area contributed by atoms with E-state index in [1.54, 1.807) is 31.4 Å². The van der Waals surface area contributed by atoms with Gasteiger partial charge < -0.3 is 9.72 Å². The Hall–Kier alpha value is -4.12. The van der Waals surface area contributed by atoms with Crippen LogP contribution in [0.4, 0.5) is 5.69 Å². The number of H-pyrrole nitrogens is 1. The van der Waals surface area contributed by atoms with Crippen molar-refractivity contribution in [2.24, 2.45) is 0 Å². The van der Waals surface area contributed by atoms with Crippen molar-refractivity contribution in [1.29, 1.82) is 0 Å². The van der Waals surface area contributed by atoms with Gasteiger partial charge in [-0.05, 0) is 58.1 Å². The summed E-state index contributed by atoms with van der Waals surface area (Å²) in [5.74, 6) is 0.0465. The summed E-state index contributed by atoms with van der Waals surface area (Å²) < 4.78 is 5.25. The summed E-state index contributed by atoms with van der Waals surface area (Å²) in [6, 6.07) is 21.3. The van der Waals surface area contributed by atoms with E-state index in [0.717, 1.165) is 32.6 Å². The molecule has 1 aromatic heterocycles. The Kier molecular flexibility index (Phi) is 4.18. The van der Waals surface area contributed by atoms with E-state index in [0.29, 0.717) is 28.1 Å². The Labute approximate surface area is 196 Å². The lowest BCUT2D eigenvalue weighted by atomic mass is 9.84. The summed E-state index contributed by atoms with van der Waals surface area (Å²) in [5, 5.41) is 3.80. The molecule has 0 bridgehead atoms. The molecule has 0 unspecified atom stereocenters. The molecule has 6 rings (SSSR count). The second kappa shape index (κ2) is 6.94. The molecule has 0 saturated carbocycles. The van der Waals surface area contributed by atoms with Crippen molar-refractivity contribution in [2.45, 2.75) is 26.2 Å². The molecule has 168 valence electrons. The second-order valence-electron chi connectivity index (χ2n) is 9.82. The van der Waals surface area contributed by atoms with Gasteiger partial charge in [-0.15, -0.1) is 0 Å². The molecule has 1 aliphatic rings. The Morgan fingerprint density at radius 3 is 2.21 bits per heavy atom. The predicted octanol–water partition coefficient (Wildman–Crippen LogP) is 6.58. The number of nitrogens with one attached hydrogen (secondary N) is 1. The predicted molar refractivity (Wildman–Crippen MR) is 136 cm³/mol. The van der Waals surface area contributed by atoms with Gasteiger partial charge in [0.15, 0.2) is 0 Å². The number of benzene rings is 4. The molecule has 0 radical (unpaired) electrons. The van der Waals surface area contributed by atoms with Gasteiger partial charge in [-0.25, -0.2) is 4.90 Å². The number of amides is 2. The van der Waals surface area contributed by atoms with Crippen LogP contribution in [0.25, 0.3) is 32.6 Å². The third kappa shape index (κ3) is 2.73. The Morgan fingerprint density at radius 2 is 1.50 bits per heavy atom. The molecular weight excluding hydrogens is 424 g/mol. The zero-order valence-corrected chi connectivity index (χ0v) is 19.5. The minimum atomic E-state index is -0.315. The van der Waals surface area contributed by atoms with E-state index < -0.39 is 0 Å². The highest BCUT2D eigenvalue weighted by Crippen LogP contribution is 2.43. The molecule has 2 heterocycles. The van der Waals surface area contributed by atoms with Crippen LogP contribution in [0.1, 0.15) is 47.1 Å².